The molecule has 0 aliphatic heterocycles. The second-order valence-electron chi connectivity index (χ2n) is 5.43. The topological polar surface area (TPSA) is 55.6 Å². The van der Waals surface area contributed by atoms with Crippen LogP contribution in [0.5, 0.6) is 0 Å². The average molecular weight is 287 g/mol. The molecule has 0 unspecified atom stereocenters. The summed E-state index contributed by atoms with van der Waals surface area (Å²) in [5, 5.41) is 8.08. The maximum Gasteiger partial charge on any atom is 0.157 e. The number of hydrogen-bond donors (Lipinski definition) is 1. The molecule has 0 atom stereocenters. The van der Waals surface area contributed by atoms with Gasteiger partial charge in [-0.25, -0.2) is 14.6 Å². The zero-order chi connectivity index (χ0) is 15.2. The number of hydrogen-bond acceptors (Lipinski definition) is 4. The van der Waals surface area contributed by atoms with Crippen molar-refractivity contribution in [3.05, 3.63) is 35.0 Å². The molecule has 0 aliphatic carbocycles. The molecule has 0 aromatic carbocycles. The predicted molar refractivity (Wildman–Crippen MR) is 84.8 cm³/mol. The first-order valence-corrected chi connectivity index (χ1v) is 7.68. The average Bonchev–Trinajstić information content (AvgIpc) is 2.74. The Morgan fingerprint density at radius 1 is 1.14 bits per heavy atom. The molecule has 2 heterocycles. The van der Waals surface area contributed by atoms with Gasteiger partial charge in [0.15, 0.2) is 5.82 Å². The molecule has 0 amide bonds. The molecule has 21 heavy (non-hydrogen) atoms. The van der Waals surface area contributed by atoms with Crippen LogP contribution in [0.4, 0.5) is 0 Å². The molecular formula is C16H25N5. The van der Waals surface area contributed by atoms with Gasteiger partial charge < -0.3 is 5.32 Å². The number of nitrogens with one attached hydrogen (secondary N) is 1. The van der Waals surface area contributed by atoms with Gasteiger partial charge in [-0.05, 0) is 58.7 Å². The van der Waals surface area contributed by atoms with E-state index in [1.54, 1.807) is 6.33 Å². The van der Waals surface area contributed by atoms with Crippen molar-refractivity contribution in [1.82, 2.24) is 25.1 Å². The summed E-state index contributed by atoms with van der Waals surface area (Å²) in [6.07, 6.45) is 4.97. The van der Waals surface area contributed by atoms with Gasteiger partial charge in [0, 0.05) is 17.5 Å². The molecule has 2 rings (SSSR count). The molecule has 2 aromatic rings. The first kappa shape index (κ1) is 15.6. The molecular weight excluding hydrogens is 262 g/mol. The number of rotatable bonds is 7. The van der Waals surface area contributed by atoms with E-state index in [9.17, 15) is 0 Å². The van der Waals surface area contributed by atoms with Gasteiger partial charge in [-0.3, -0.25) is 0 Å². The third kappa shape index (κ3) is 3.88. The molecule has 0 radical (unpaired) electrons. The normalized spacial score (nSPS) is 11.0. The van der Waals surface area contributed by atoms with Gasteiger partial charge in [-0.1, -0.05) is 6.92 Å². The summed E-state index contributed by atoms with van der Waals surface area (Å²) in [6.45, 7) is 10.5. The monoisotopic (exact) mass is 287 g/mol. The lowest BCUT2D eigenvalue weighted by Gasteiger charge is -2.06. The SMILES string of the molecule is CCCNCCCc1c(C)nn(-c2cc(C)ncn2)c1C. The van der Waals surface area contributed by atoms with Crippen LogP contribution in [-0.2, 0) is 6.42 Å². The maximum atomic E-state index is 4.64. The molecule has 0 aliphatic rings. The Kier molecular flexibility index (Phi) is 5.44. The standard InChI is InChI=1S/C16H25N5/c1-5-8-17-9-6-7-15-13(3)20-21(14(15)4)16-10-12(2)18-11-19-16/h10-11,17H,5-9H2,1-4H3. The molecule has 0 saturated carbocycles. The lowest BCUT2D eigenvalue weighted by atomic mass is 10.1. The van der Waals surface area contributed by atoms with Gasteiger partial charge in [-0.15, -0.1) is 0 Å². The van der Waals surface area contributed by atoms with Crippen LogP contribution >= 0.6 is 0 Å². The van der Waals surface area contributed by atoms with E-state index in [1.165, 1.54) is 17.7 Å². The lowest BCUT2D eigenvalue weighted by Crippen LogP contribution is -2.16. The minimum absolute atomic E-state index is 0.846. The fourth-order valence-corrected chi connectivity index (χ4v) is 2.51. The largest absolute Gasteiger partial charge is 0.317 e. The highest BCUT2D eigenvalue weighted by Crippen LogP contribution is 2.18. The molecule has 5 nitrogen and oxygen atoms in total. The number of aromatic nitrogens is 4. The summed E-state index contributed by atoms with van der Waals surface area (Å²) in [6, 6.07) is 1.96. The van der Waals surface area contributed by atoms with Crippen LogP contribution in [0.2, 0.25) is 0 Å². The Bertz CT molecular complexity index is 588. The smallest absolute Gasteiger partial charge is 0.157 e. The van der Waals surface area contributed by atoms with E-state index in [2.05, 4.69) is 41.2 Å². The van der Waals surface area contributed by atoms with E-state index in [1.807, 2.05) is 17.7 Å². The van der Waals surface area contributed by atoms with Crippen molar-refractivity contribution in [2.45, 2.75) is 47.0 Å². The number of aryl methyl sites for hydroxylation is 2. The predicted octanol–water partition coefficient (Wildman–Crippen LogP) is 2.52. The molecule has 114 valence electrons. The van der Waals surface area contributed by atoms with Crippen LogP contribution in [-0.4, -0.2) is 32.8 Å². The van der Waals surface area contributed by atoms with Crippen molar-refractivity contribution in [2.75, 3.05) is 13.1 Å². The van der Waals surface area contributed by atoms with E-state index in [-0.39, 0.29) is 0 Å². The van der Waals surface area contributed by atoms with Crippen molar-refractivity contribution in [1.29, 1.82) is 0 Å². The second-order valence-corrected chi connectivity index (χ2v) is 5.43. The van der Waals surface area contributed by atoms with Crippen LogP contribution in [0.3, 0.4) is 0 Å². The summed E-state index contributed by atoms with van der Waals surface area (Å²) < 4.78 is 1.93. The highest BCUT2D eigenvalue weighted by Gasteiger charge is 2.13. The van der Waals surface area contributed by atoms with Crippen molar-refractivity contribution in [2.24, 2.45) is 0 Å². The molecule has 0 spiro atoms. The third-order valence-corrected chi connectivity index (χ3v) is 3.65. The molecule has 2 aromatic heterocycles. The fourth-order valence-electron chi connectivity index (χ4n) is 2.51. The maximum absolute atomic E-state index is 4.64. The zero-order valence-corrected chi connectivity index (χ0v) is 13.5. The van der Waals surface area contributed by atoms with Gasteiger partial charge in [-0.2, -0.15) is 5.10 Å². The summed E-state index contributed by atoms with van der Waals surface area (Å²) in [5.74, 6) is 0.846. The molecule has 0 fully saturated rings. The van der Waals surface area contributed by atoms with Gasteiger partial charge >= 0.3 is 0 Å². The first-order valence-electron chi connectivity index (χ1n) is 7.68. The minimum Gasteiger partial charge on any atom is -0.317 e. The van der Waals surface area contributed by atoms with Crippen molar-refractivity contribution < 1.29 is 0 Å². The van der Waals surface area contributed by atoms with E-state index >= 15 is 0 Å². The molecule has 5 heteroatoms. The highest BCUT2D eigenvalue weighted by atomic mass is 15.3. The van der Waals surface area contributed by atoms with Crippen molar-refractivity contribution in [3.8, 4) is 5.82 Å². The fraction of sp³-hybridized carbons (Fsp3) is 0.562. The van der Waals surface area contributed by atoms with Gasteiger partial charge in [0.2, 0.25) is 0 Å². The summed E-state index contributed by atoms with van der Waals surface area (Å²) >= 11 is 0. The summed E-state index contributed by atoms with van der Waals surface area (Å²) in [5.41, 5.74) is 4.57. The Morgan fingerprint density at radius 2 is 1.95 bits per heavy atom. The Labute approximate surface area is 126 Å². The Balaban J connectivity index is 2.10. The highest BCUT2D eigenvalue weighted by molar-refractivity contribution is 5.32. The summed E-state index contributed by atoms with van der Waals surface area (Å²) in [4.78, 5) is 8.46. The number of nitrogens with zero attached hydrogens (tertiary/aromatic N) is 4. The minimum atomic E-state index is 0.846. The van der Waals surface area contributed by atoms with E-state index in [4.69, 9.17) is 0 Å². The second kappa shape index (κ2) is 7.31. The van der Waals surface area contributed by atoms with E-state index in [0.717, 1.165) is 43.1 Å². The Morgan fingerprint density at radius 3 is 2.67 bits per heavy atom. The van der Waals surface area contributed by atoms with E-state index in [0.29, 0.717) is 0 Å². The molecule has 1 N–H and O–H groups in total. The van der Waals surface area contributed by atoms with Crippen LogP contribution in [0, 0.1) is 20.8 Å². The van der Waals surface area contributed by atoms with Gasteiger partial charge in [0.25, 0.3) is 0 Å². The summed E-state index contributed by atoms with van der Waals surface area (Å²) in [7, 11) is 0. The molecule has 0 saturated heterocycles. The molecule has 0 bridgehead atoms. The Hall–Kier alpha value is -1.75. The lowest BCUT2D eigenvalue weighted by molar-refractivity contribution is 0.638. The zero-order valence-electron chi connectivity index (χ0n) is 13.5. The van der Waals surface area contributed by atoms with Gasteiger partial charge in [0.05, 0.1) is 5.69 Å². The van der Waals surface area contributed by atoms with Crippen LogP contribution in [0.25, 0.3) is 5.82 Å². The third-order valence-electron chi connectivity index (χ3n) is 3.65. The van der Waals surface area contributed by atoms with Crippen LogP contribution in [0.15, 0.2) is 12.4 Å². The van der Waals surface area contributed by atoms with E-state index < -0.39 is 0 Å². The first-order chi connectivity index (χ1) is 10.1. The van der Waals surface area contributed by atoms with Crippen molar-refractivity contribution in [3.63, 3.8) is 0 Å². The quantitative estimate of drug-likeness (QED) is 0.795. The van der Waals surface area contributed by atoms with Crippen molar-refractivity contribution >= 4 is 0 Å². The van der Waals surface area contributed by atoms with Crippen LogP contribution in [0.1, 0.15) is 42.4 Å². The van der Waals surface area contributed by atoms with Gasteiger partial charge in [0.1, 0.15) is 6.33 Å². The van der Waals surface area contributed by atoms with Crippen LogP contribution < -0.4 is 5.32 Å².